The number of benzene rings is 1. The van der Waals surface area contributed by atoms with E-state index in [9.17, 15) is 4.79 Å². The van der Waals surface area contributed by atoms with Gasteiger partial charge >= 0.3 is 0 Å². The van der Waals surface area contributed by atoms with E-state index >= 15 is 0 Å². The van der Waals surface area contributed by atoms with Crippen LogP contribution >= 0.6 is 0 Å². The van der Waals surface area contributed by atoms with Gasteiger partial charge in [-0.25, -0.2) is 0 Å². The first kappa shape index (κ1) is 16.6. The average molecular weight is 305 g/mol. The highest BCUT2D eigenvalue weighted by Gasteiger charge is 2.20. The van der Waals surface area contributed by atoms with Gasteiger partial charge < -0.3 is 15.0 Å². The molecule has 1 aliphatic heterocycles. The van der Waals surface area contributed by atoms with Crippen LogP contribution in [0.4, 0.5) is 5.69 Å². The number of ether oxygens (including phenoxy) is 1. The lowest BCUT2D eigenvalue weighted by Gasteiger charge is -2.36. The van der Waals surface area contributed by atoms with Crippen LogP contribution in [0.2, 0.25) is 0 Å². The molecule has 0 unspecified atom stereocenters. The maximum atomic E-state index is 11.9. The minimum absolute atomic E-state index is 0.138. The van der Waals surface area contributed by atoms with Gasteiger partial charge in [-0.15, -0.1) is 0 Å². The third kappa shape index (κ3) is 4.63. The normalized spacial score (nSPS) is 15.6. The first-order valence-corrected chi connectivity index (χ1v) is 8.11. The molecular weight excluding hydrogens is 278 g/mol. The molecule has 22 heavy (non-hydrogen) atoms. The van der Waals surface area contributed by atoms with Crippen molar-refractivity contribution < 1.29 is 9.53 Å². The quantitative estimate of drug-likeness (QED) is 0.779. The van der Waals surface area contributed by atoms with Crippen LogP contribution < -0.4 is 15.0 Å². The van der Waals surface area contributed by atoms with Crippen molar-refractivity contribution in [3.63, 3.8) is 0 Å². The van der Waals surface area contributed by atoms with Crippen molar-refractivity contribution in [2.75, 3.05) is 51.3 Å². The van der Waals surface area contributed by atoms with Crippen LogP contribution in [-0.4, -0.2) is 57.2 Å². The summed E-state index contributed by atoms with van der Waals surface area (Å²) in [6, 6.07) is 8.10. The molecule has 2 rings (SSSR count). The van der Waals surface area contributed by atoms with E-state index in [4.69, 9.17) is 4.74 Å². The van der Waals surface area contributed by atoms with Crippen LogP contribution in [0.25, 0.3) is 0 Å². The van der Waals surface area contributed by atoms with E-state index in [0.29, 0.717) is 6.54 Å². The molecule has 1 saturated heterocycles. The molecule has 1 aromatic carbocycles. The number of rotatable bonds is 7. The molecule has 1 N–H and O–H groups in total. The van der Waals surface area contributed by atoms with Crippen LogP contribution in [0.3, 0.4) is 0 Å². The van der Waals surface area contributed by atoms with E-state index in [0.717, 1.165) is 57.0 Å². The largest absolute Gasteiger partial charge is 0.495 e. The summed E-state index contributed by atoms with van der Waals surface area (Å²) in [7, 11) is 1.70. The molecule has 1 fully saturated rings. The molecule has 1 amide bonds. The van der Waals surface area contributed by atoms with E-state index in [-0.39, 0.29) is 5.91 Å². The smallest absolute Gasteiger partial charge is 0.234 e. The van der Waals surface area contributed by atoms with Crippen molar-refractivity contribution in [2.24, 2.45) is 0 Å². The van der Waals surface area contributed by atoms with Gasteiger partial charge in [0.25, 0.3) is 0 Å². The zero-order valence-electron chi connectivity index (χ0n) is 13.7. The van der Waals surface area contributed by atoms with Gasteiger partial charge in [0.15, 0.2) is 0 Å². The number of nitrogens with zero attached hydrogens (tertiary/aromatic N) is 2. The van der Waals surface area contributed by atoms with E-state index in [2.05, 4.69) is 28.1 Å². The molecule has 1 heterocycles. The summed E-state index contributed by atoms with van der Waals surface area (Å²) >= 11 is 0. The van der Waals surface area contributed by atoms with Crippen LogP contribution in [0, 0.1) is 0 Å². The fourth-order valence-electron chi connectivity index (χ4n) is 2.70. The summed E-state index contributed by atoms with van der Waals surface area (Å²) in [5, 5.41) is 2.98. The van der Waals surface area contributed by atoms with Gasteiger partial charge in [-0.3, -0.25) is 9.69 Å². The zero-order chi connectivity index (χ0) is 15.8. The first-order chi connectivity index (χ1) is 10.7. The molecule has 0 aliphatic carbocycles. The summed E-state index contributed by atoms with van der Waals surface area (Å²) in [6.07, 6.45) is 2.16. The molecule has 0 bridgehead atoms. The lowest BCUT2D eigenvalue weighted by Crippen LogP contribution is -2.49. The summed E-state index contributed by atoms with van der Waals surface area (Å²) in [4.78, 5) is 16.4. The summed E-state index contributed by atoms with van der Waals surface area (Å²) in [5.41, 5.74) is 1.14. The number of methoxy groups -OCH3 is 1. The number of hydrogen-bond donors (Lipinski definition) is 1. The number of carbonyl (C=O) groups excluding carboxylic acids is 1. The van der Waals surface area contributed by atoms with Gasteiger partial charge in [-0.2, -0.15) is 0 Å². The number of amides is 1. The van der Waals surface area contributed by atoms with Crippen molar-refractivity contribution >= 4 is 11.6 Å². The SMILES string of the molecule is CCCCNC(=O)CN1CCN(c2ccccc2OC)CC1. The van der Waals surface area contributed by atoms with Gasteiger partial charge in [-0.1, -0.05) is 25.5 Å². The number of unbranched alkanes of at least 4 members (excludes halogenated alkanes) is 1. The standard InChI is InChI=1S/C17H27N3O2/c1-3-4-9-18-17(21)14-19-10-12-20(13-11-19)15-7-5-6-8-16(15)22-2/h5-8H,3-4,9-14H2,1-2H3,(H,18,21). The van der Waals surface area contributed by atoms with Crippen molar-refractivity contribution in [1.29, 1.82) is 0 Å². The van der Waals surface area contributed by atoms with E-state index in [1.165, 1.54) is 0 Å². The monoisotopic (exact) mass is 305 g/mol. The van der Waals surface area contributed by atoms with Crippen LogP contribution in [0.1, 0.15) is 19.8 Å². The third-order valence-electron chi connectivity index (χ3n) is 4.02. The fourth-order valence-corrected chi connectivity index (χ4v) is 2.70. The Balaban J connectivity index is 1.79. The van der Waals surface area contributed by atoms with Gasteiger partial charge in [0.05, 0.1) is 19.3 Å². The van der Waals surface area contributed by atoms with Gasteiger partial charge in [0.2, 0.25) is 5.91 Å². The first-order valence-electron chi connectivity index (χ1n) is 8.11. The predicted molar refractivity (Wildman–Crippen MR) is 89.6 cm³/mol. The second kappa shape index (κ2) is 8.63. The molecule has 1 aromatic rings. The Hall–Kier alpha value is -1.75. The maximum absolute atomic E-state index is 11.9. The number of piperazine rings is 1. The van der Waals surface area contributed by atoms with E-state index < -0.39 is 0 Å². The Labute approximate surface area is 133 Å². The number of hydrogen-bond acceptors (Lipinski definition) is 4. The number of para-hydroxylation sites is 2. The number of carbonyl (C=O) groups is 1. The molecule has 0 spiro atoms. The van der Waals surface area contributed by atoms with Gasteiger partial charge in [0.1, 0.15) is 5.75 Å². The van der Waals surface area contributed by atoms with Crippen LogP contribution in [0.15, 0.2) is 24.3 Å². The van der Waals surface area contributed by atoms with Crippen molar-refractivity contribution in [1.82, 2.24) is 10.2 Å². The lowest BCUT2D eigenvalue weighted by molar-refractivity contribution is -0.122. The molecule has 1 aliphatic rings. The second-order valence-corrected chi connectivity index (χ2v) is 5.64. The molecule has 0 saturated carbocycles. The summed E-state index contributed by atoms with van der Waals surface area (Å²) in [6.45, 7) is 7.06. The summed E-state index contributed by atoms with van der Waals surface area (Å²) < 4.78 is 5.43. The molecule has 0 aromatic heterocycles. The highest BCUT2D eigenvalue weighted by molar-refractivity contribution is 5.78. The Morgan fingerprint density at radius 1 is 1.23 bits per heavy atom. The van der Waals surface area contributed by atoms with Crippen LogP contribution in [0.5, 0.6) is 5.75 Å². The fraction of sp³-hybridized carbons (Fsp3) is 0.588. The van der Waals surface area contributed by atoms with Crippen molar-refractivity contribution in [2.45, 2.75) is 19.8 Å². The van der Waals surface area contributed by atoms with Crippen LogP contribution in [-0.2, 0) is 4.79 Å². The Morgan fingerprint density at radius 2 is 1.95 bits per heavy atom. The second-order valence-electron chi connectivity index (χ2n) is 5.64. The van der Waals surface area contributed by atoms with E-state index in [1.807, 2.05) is 18.2 Å². The topological polar surface area (TPSA) is 44.8 Å². The number of nitrogens with one attached hydrogen (secondary N) is 1. The Kier molecular flexibility index (Phi) is 6.52. The van der Waals surface area contributed by atoms with Gasteiger partial charge in [0, 0.05) is 32.7 Å². The van der Waals surface area contributed by atoms with Crippen molar-refractivity contribution in [3.8, 4) is 5.75 Å². The van der Waals surface area contributed by atoms with Gasteiger partial charge in [-0.05, 0) is 18.6 Å². The predicted octanol–water partition coefficient (Wildman–Crippen LogP) is 1.73. The number of anilines is 1. The summed E-state index contributed by atoms with van der Waals surface area (Å²) in [5.74, 6) is 1.05. The lowest BCUT2D eigenvalue weighted by atomic mass is 10.2. The minimum Gasteiger partial charge on any atom is -0.495 e. The molecular formula is C17H27N3O2. The molecule has 122 valence electrons. The Morgan fingerprint density at radius 3 is 2.64 bits per heavy atom. The highest BCUT2D eigenvalue weighted by Crippen LogP contribution is 2.28. The third-order valence-corrected chi connectivity index (χ3v) is 4.02. The highest BCUT2D eigenvalue weighted by atomic mass is 16.5. The van der Waals surface area contributed by atoms with E-state index in [1.54, 1.807) is 7.11 Å². The molecule has 5 nitrogen and oxygen atoms in total. The maximum Gasteiger partial charge on any atom is 0.234 e. The molecule has 0 radical (unpaired) electrons. The molecule has 5 heteroatoms. The minimum atomic E-state index is 0.138. The zero-order valence-corrected chi connectivity index (χ0v) is 13.7. The average Bonchev–Trinajstić information content (AvgIpc) is 2.56. The molecule has 0 atom stereocenters. The van der Waals surface area contributed by atoms with Crippen molar-refractivity contribution in [3.05, 3.63) is 24.3 Å². The Bertz CT molecular complexity index is 471.